The number of nitrogens with one attached hydrogen (secondary N) is 1. The zero-order valence-electron chi connectivity index (χ0n) is 14.8. The van der Waals surface area contributed by atoms with E-state index >= 15 is 0 Å². The van der Waals surface area contributed by atoms with Crippen molar-refractivity contribution in [2.45, 2.75) is 6.54 Å². The van der Waals surface area contributed by atoms with E-state index in [1.165, 1.54) is 0 Å². The summed E-state index contributed by atoms with van der Waals surface area (Å²) in [5, 5.41) is 6.97. The van der Waals surface area contributed by atoms with E-state index in [4.69, 9.17) is 4.74 Å². The minimum Gasteiger partial charge on any atom is -0.378 e. The highest BCUT2D eigenvalue weighted by atomic mass is 32.1. The van der Waals surface area contributed by atoms with Crippen molar-refractivity contribution >= 4 is 22.9 Å². The normalized spacial score (nSPS) is 14.1. The molecule has 1 N–H and O–H groups in total. The maximum absolute atomic E-state index is 12.5. The number of amides is 1. The van der Waals surface area contributed by atoms with Gasteiger partial charge in [-0.1, -0.05) is 0 Å². The number of hydrogen-bond acceptors (Lipinski definition) is 6. The zero-order chi connectivity index (χ0) is 18.5. The van der Waals surface area contributed by atoms with Gasteiger partial charge >= 0.3 is 0 Å². The minimum atomic E-state index is -0.120. The number of anilines is 1. The molecule has 1 amide bonds. The third-order valence-electron chi connectivity index (χ3n) is 4.49. The van der Waals surface area contributed by atoms with Crippen LogP contribution in [-0.4, -0.2) is 42.2 Å². The molecule has 3 aromatic rings. The molecule has 3 heterocycles. The largest absolute Gasteiger partial charge is 0.378 e. The third-order valence-corrected chi connectivity index (χ3v) is 5.17. The van der Waals surface area contributed by atoms with Crippen molar-refractivity contribution in [3.05, 3.63) is 64.7 Å². The first kappa shape index (κ1) is 17.6. The lowest BCUT2D eigenvalue weighted by atomic mass is 10.1. The molecule has 6 nitrogen and oxygen atoms in total. The van der Waals surface area contributed by atoms with Gasteiger partial charge in [0.25, 0.3) is 5.91 Å². The van der Waals surface area contributed by atoms with Crippen LogP contribution in [0.5, 0.6) is 0 Å². The molecule has 0 bridgehead atoms. The van der Waals surface area contributed by atoms with Gasteiger partial charge in [-0.15, -0.1) is 0 Å². The van der Waals surface area contributed by atoms with Gasteiger partial charge < -0.3 is 15.0 Å². The van der Waals surface area contributed by atoms with Crippen molar-refractivity contribution in [1.82, 2.24) is 15.3 Å². The SMILES string of the molecule is O=C(NCc1nccnc1-c1ccsc1)c1ccc(N2CCOCC2)cc1. The Kier molecular flexibility index (Phi) is 5.41. The fourth-order valence-electron chi connectivity index (χ4n) is 3.05. The first-order chi connectivity index (χ1) is 13.3. The predicted molar refractivity (Wildman–Crippen MR) is 106 cm³/mol. The molecule has 4 rings (SSSR count). The molecule has 138 valence electrons. The summed E-state index contributed by atoms with van der Waals surface area (Å²) in [6, 6.07) is 9.69. The van der Waals surface area contributed by atoms with Gasteiger partial charge in [0.05, 0.1) is 31.1 Å². The monoisotopic (exact) mass is 380 g/mol. The van der Waals surface area contributed by atoms with Crippen LogP contribution in [0.2, 0.25) is 0 Å². The van der Waals surface area contributed by atoms with E-state index in [0.29, 0.717) is 12.1 Å². The van der Waals surface area contributed by atoms with Gasteiger partial charge in [-0.2, -0.15) is 11.3 Å². The number of ether oxygens (including phenoxy) is 1. The molecule has 0 radical (unpaired) electrons. The van der Waals surface area contributed by atoms with Crippen LogP contribution in [0, 0.1) is 0 Å². The summed E-state index contributed by atoms with van der Waals surface area (Å²) in [5.41, 5.74) is 4.33. The Morgan fingerprint density at radius 1 is 1.11 bits per heavy atom. The molecule has 2 aromatic heterocycles. The summed E-state index contributed by atoms with van der Waals surface area (Å²) in [5.74, 6) is -0.120. The summed E-state index contributed by atoms with van der Waals surface area (Å²) in [7, 11) is 0. The van der Waals surface area contributed by atoms with E-state index in [1.54, 1.807) is 23.7 Å². The molecule has 1 fully saturated rings. The molecular weight excluding hydrogens is 360 g/mol. The standard InChI is InChI=1S/C20H20N4O2S/c25-20(15-1-3-17(4-2-15)24-8-10-26-11-9-24)23-13-18-19(22-7-6-21-18)16-5-12-27-14-16/h1-7,12,14H,8-11,13H2,(H,23,25). The summed E-state index contributed by atoms with van der Waals surface area (Å²) < 4.78 is 5.38. The molecule has 27 heavy (non-hydrogen) atoms. The lowest BCUT2D eigenvalue weighted by molar-refractivity contribution is 0.0950. The van der Waals surface area contributed by atoms with Crippen molar-refractivity contribution in [3.63, 3.8) is 0 Å². The number of nitrogens with zero attached hydrogens (tertiary/aromatic N) is 3. The van der Waals surface area contributed by atoms with E-state index in [-0.39, 0.29) is 5.91 Å². The predicted octanol–water partition coefficient (Wildman–Crippen LogP) is 2.97. The molecule has 1 aliphatic heterocycles. The van der Waals surface area contributed by atoms with Gasteiger partial charge in [-0.3, -0.25) is 14.8 Å². The Balaban J connectivity index is 1.41. The molecule has 0 saturated carbocycles. The van der Waals surface area contributed by atoms with Crippen LogP contribution in [-0.2, 0) is 11.3 Å². The second-order valence-corrected chi connectivity index (χ2v) is 6.97. The molecular formula is C20H20N4O2S. The molecule has 0 aliphatic carbocycles. The number of morpholine rings is 1. The van der Waals surface area contributed by atoms with Crippen molar-refractivity contribution in [2.75, 3.05) is 31.2 Å². The minimum absolute atomic E-state index is 0.120. The Morgan fingerprint density at radius 3 is 2.63 bits per heavy atom. The highest BCUT2D eigenvalue weighted by Crippen LogP contribution is 2.22. The van der Waals surface area contributed by atoms with E-state index in [1.807, 2.05) is 41.1 Å². The first-order valence-electron chi connectivity index (χ1n) is 8.85. The summed E-state index contributed by atoms with van der Waals surface area (Å²) in [6.07, 6.45) is 3.32. The van der Waals surface area contributed by atoms with E-state index in [2.05, 4.69) is 20.2 Å². The van der Waals surface area contributed by atoms with Gasteiger partial charge in [-0.25, -0.2) is 0 Å². The first-order valence-corrected chi connectivity index (χ1v) is 9.79. The van der Waals surface area contributed by atoms with Crippen LogP contribution in [0.15, 0.2) is 53.5 Å². The molecule has 0 spiro atoms. The summed E-state index contributed by atoms with van der Waals surface area (Å²) >= 11 is 1.61. The Labute approximate surface area is 161 Å². The smallest absolute Gasteiger partial charge is 0.251 e. The highest BCUT2D eigenvalue weighted by Gasteiger charge is 2.13. The van der Waals surface area contributed by atoms with Gasteiger partial charge in [0.1, 0.15) is 0 Å². The van der Waals surface area contributed by atoms with Crippen molar-refractivity contribution in [2.24, 2.45) is 0 Å². The number of thiophene rings is 1. The zero-order valence-corrected chi connectivity index (χ0v) is 15.6. The number of hydrogen-bond donors (Lipinski definition) is 1. The van der Waals surface area contributed by atoms with Crippen molar-refractivity contribution < 1.29 is 9.53 Å². The van der Waals surface area contributed by atoms with Crippen LogP contribution < -0.4 is 10.2 Å². The Morgan fingerprint density at radius 2 is 1.89 bits per heavy atom. The van der Waals surface area contributed by atoms with E-state index in [0.717, 1.165) is 48.9 Å². The fraction of sp³-hybridized carbons (Fsp3) is 0.250. The van der Waals surface area contributed by atoms with Gasteiger partial charge in [0.2, 0.25) is 0 Å². The van der Waals surface area contributed by atoms with Gasteiger partial charge in [0, 0.05) is 47.7 Å². The number of carbonyl (C=O) groups excluding carboxylic acids is 1. The number of aromatic nitrogens is 2. The molecule has 1 saturated heterocycles. The third kappa shape index (κ3) is 4.15. The van der Waals surface area contributed by atoms with Gasteiger partial charge in [0.15, 0.2) is 0 Å². The maximum Gasteiger partial charge on any atom is 0.251 e. The second-order valence-electron chi connectivity index (χ2n) is 6.19. The van der Waals surface area contributed by atoms with Crippen molar-refractivity contribution in [1.29, 1.82) is 0 Å². The topological polar surface area (TPSA) is 67.4 Å². The highest BCUT2D eigenvalue weighted by molar-refractivity contribution is 7.08. The fourth-order valence-corrected chi connectivity index (χ4v) is 3.69. The molecule has 0 unspecified atom stereocenters. The number of benzene rings is 1. The molecule has 1 aliphatic rings. The lowest BCUT2D eigenvalue weighted by Gasteiger charge is -2.28. The maximum atomic E-state index is 12.5. The summed E-state index contributed by atoms with van der Waals surface area (Å²) in [6.45, 7) is 3.58. The average molecular weight is 380 g/mol. The molecule has 7 heteroatoms. The van der Waals surface area contributed by atoms with Crippen LogP contribution in [0.1, 0.15) is 16.1 Å². The Bertz CT molecular complexity index is 891. The second kappa shape index (κ2) is 8.28. The average Bonchev–Trinajstić information content (AvgIpc) is 3.28. The van der Waals surface area contributed by atoms with E-state index in [9.17, 15) is 4.79 Å². The lowest BCUT2D eigenvalue weighted by Crippen LogP contribution is -2.36. The van der Waals surface area contributed by atoms with E-state index < -0.39 is 0 Å². The molecule has 0 atom stereocenters. The van der Waals surface area contributed by atoms with Crippen LogP contribution >= 0.6 is 11.3 Å². The summed E-state index contributed by atoms with van der Waals surface area (Å²) in [4.78, 5) is 23.6. The number of carbonyl (C=O) groups is 1. The quantitative estimate of drug-likeness (QED) is 0.737. The van der Waals surface area contributed by atoms with Crippen LogP contribution in [0.4, 0.5) is 5.69 Å². The van der Waals surface area contributed by atoms with Crippen LogP contribution in [0.25, 0.3) is 11.3 Å². The van der Waals surface area contributed by atoms with Gasteiger partial charge in [-0.05, 0) is 35.7 Å². The number of rotatable bonds is 5. The molecule has 1 aromatic carbocycles. The Hall–Kier alpha value is -2.77. The van der Waals surface area contributed by atoms with Crippen molar-refractivity contribution in [3.8, 4) is 11.3 Å². The van der Waals surface area contributed by atoms with Crippen LogP contribution in [0.3, 0.4) is 0 Å².